The molecule has 20 heavy (non-hydrogen) atoms. The molecule has 0 fully saturated rings. The zero-order valence-electron chi connectivity index (χ0n) is 10.4. The summed E-state index contributed by atoms with van der Waals surface area (Å²) in [5.74, 6) is -1.21. The topological polar surface area (TPSA) is 92.4 Å². The molecule has 0 aliphatic carbocycles. The summed E-state index contributed by atoms with van der Waals surface area (Å²) in [6, 6.07) is 8.44. The highest BCUT2D eigenvalue weighted by atomic mass is 16.5. The van der Waals surface area contributed by atoms with Gasteiger partial charge in [-0.2, -0.15) is 0 Å². The van der Waals surface area contributed by atoms with Crippen molar-refractivity contribution in [2.75, 3.05) is 5.32 Å². The number of hydrogen-bond donors (Lipinski definition) is 2. The quantitative estimate of drug-likeness (QED) is 0.811. The van der Waals surface area contributed by atoms with Gasteiger partial charge in [0.15, 0.2) is 0 Å². The lowest BCUT2D eigenvalue weighted by Gasteiger charge is -2.04. The van der Waals surface area contributed by atoms with Crippen molar-refractivity contribution in [3.8, 4) is 0 Å². The first-order valence-electron chi connectivity index (χ1n) is 5.83. The third kappa shape index (κ3) is 4.09. The van der Waals surface area contributed by atoms with Crippen LogP contribution in [0.3, 0.4) is 0 Å². The van der Waals surface area contributed by atoms with Gasteiger partial charge in [0.1, 0.15) is 6.26 Å². The molecule has 2 N–H and O–H groups in total. The number of aliphatic carboxylic acids is 1. The van der Waals surface area contributed by atoms with E-state index in [1.807, 2.05) is 0 Å². The van der Waals surface area contributed by atoms with E-state index in [4.69, 9.17) is 5.11 Å². The van der Waals surface area contributed by atoms with Crippen LogP contribution < -0.4 is 5.32 Å². The number of aromatic nitrogens is 1. The molecule has 1 aromatic heterocycles. The molecule has 0 saturated heterocycles. The van der Waals surface area contributed by atoms with E-state index in [1.165, 1.54) is 12.3 Å². The zero-order valence-corrected chi connectivity index (χ0v) is 10.4. The molecule has 1 heterocycles. The summed E-state index contributed by atoms with van der Waals surface area (Å²) in [4.78, 5) is 22.1. The van der Waals surface area contributed by atoms with Crippen LogP contribution in [0.1, 0.15) is 11.3 Å². The van der Waals surface area contributed by atoms with Gasteiger partial charge < -0.3 is 14.9 Å². The zero-order chi connectivity index (χ0) is 14.4. The Morgan fingerprint density at radius 3 is 2.60 bits per heavy atom. The molecular formula is C14H12N2O4. The fraction of sp³-hybridized carbons (Fsp3) is 0.0714. The number of benzene rings is 1. The lowest BCUT2D eigenvalue weighted by molar-refractivity contribution is -0.131. The number of nitrogens with one attached hydrogen (secondary N) is 1. The maximum atomic E-state index is 11.7. The minimum absolute atomic E-state index is 0.136. The third-order valence-corrected chi connectivity index (χ3v) is 2.45. The highest BCUT2D eigenvalue weighted by Crippen LogP contribution is 2.11. The van der Waals surface area contributed by atoms with Crippen molar-refractivity contribution in [2.24, 2.45) is 0 Å². The lowest BCUT2D eigenvalue weighted by Crippen LogP contribution is -2.14. The first-order valence-corrected chi connectivity index (χ1v) is 5.83. The van der Waals surface area contributed by atoms with Crippen molar-refractivity contribution >= 4 is 23.6 Å². The molecule has 102 valence electrons. The molecule has 6 heteroatoms. The minimum Gasteiger partial charge on any atom is -0.478 e. The summed E-state index contributed by atoms with van der Waals surface area (Å²) >= 11 is 0. The van der Waals surface area contributed by atoms with Crippen LogP contribution in [-0.4, -0.2) is 22.1 Å². The Hall–Kier alpha value is -2.89. The van der Waals surface area contributed by atoms with E-state index in [2.05, 4.69) is 15.0 Å². The second-order valence-electron chi connectivity index (χ2n) is 4.01. The number of carboxylic acid groups (broad SMARTS) is 1. The smallest absolute Gasteiger partial charge is 0.328 e. The standard InChI is InChI=1S/C14H12N2O4/c17-13(9-12-7-8-20-16-12)15-11-4-1-10(2-5-11)3-6-14(18)19/h1-8H,9H2,(H,15,17)(H,18,19). The molecule has 0 spiro atoms. The highest BCUT2D eigenvalue weighted by Gasteiger charge is 2.06. The Balaban J connectivity index is 1.93. The molecule has 1 aromatic carbocycles. The second kappa shape index (κ2) is 6.33. The summed E-state index contributed by atoms with van der Waals surface area (Å²) in [6.07, 6.45) is 4.07. The number of rotatable bonds is 5. The lowest BCUT2D eigenvalue weighted by atomic mass is 10.2. The van der Waals surface area contributed by atoms with Crippen molar-refractivity contribution in [1.82, 2.24) is 5.16 Å². The van der Waals surface area contributed by atoms with Crippen molar-refractivity contribution in [3.63, 3.8) is 0 Å². The van der Waals surface area contributed by atoms with Gasteiger partial charge in [-0.25, -0.2) is 4.79 Å². The molecule has 0 aliphatic heterocycles. The Morgan fingerprint density at radius 2 is 2.00 bits per heavy atom. The minimum atomic E-state index is -1.00. The van der Waals surface area contributed by atoms with Crippen molar-refractivity contribution in [1.29, 1.82) is 0 Å². The van der Waals surface area contributed by atoms with E-state index in [0.29, 0.717) is 11.4 Å². The van der Waals surface area contributed by atoms with Crippen molar-refractivity contribution in [3.05, 3.63) is 53.9 Å². The molecule has 0 atom stereocenters. The predicted molar refractivity (Wildman–Crippen MR) is 71.9 cm³/mol. The average Bonchev–Trinajstić information content (AvgIpc) is 2.90. The molecule has 0 bridgehead atoms. The predicted octanol–water partition coefficient (Wildman–Crippen LogP) is 1.95. The normalized spacial score (nSPS) is 10.6. The van der Waals surface area contributed by atoms with Crippen LogP contribution in [0, 0.1) is 0 Å². The maximum Gasteiger partial charge on any atom is 0.328 e. The van der Waals surface area contributed by atoms with Crippen LogP contribution >= 0.6 is 0 Å². The van der Waals surface area contributed by atoms with Gasteiger partial charge in [-0.05, 0) is 23.8 Å². The van der Waals surface area contributed by atoms with Gasteiger partial charge in [-0.15, -0.1) is 0 Å². The number of amides is 1. The van der Waals surface area contributed by atoms with E-state index in [9.17, 15) is 9.59 Å². The van der Waals surface area contributed by atoms with Crippen LogP contribution in [0.15, 0.2) is 47.2 Å². The van der Waals surface area contributed by atoms with Crippen LogP contribution in [0.2, 0.25) is 0 Å². The van der Waals surface area contributed by atoms with Gasteiger partial charge in [0.05, 0.1) is 12.1 Å². The monoisotopic (exact) mass is 272 g/mol. The Bertz CT molecular complexity index is 615. The van der Waals surface area contributed by atoms with E-state index in [1.54, 1.807) is 30.3 Å². The summed E-state index contributed by atoms with van der Waals surface area (Å²) in [7, 11) is 0. The molecule has 6 nitrogen and oxygen atoms in total. The van der Waals surface area contributed by atoms with Gasteiger partial charge in [-0.1, -0.05) is 17.3 Å². The van der Waals surface area contributed by atoms with Gasteiger partial charge >= 0.3 is 5.97 Å². The fourth-order valence-electron chi connectivity index (χ4n) is 1.54. The number of hydrogen-bond acceptors (Lipinski definition) is 4. The SMILES string of the molecule is O=C(O)C=Cc1ccc(NC(=O)Cc2ccon2)cc1. The summed E-state index contributed by atoms with van der Waals surface area (Å²) in [6.45, 7) is 0. The average molecular weight is 272 g/mol. The van der Waals surface area contributed by atoms with Crippen LogP contribution in [-0.2, 0) is 16.0 Å². The first kappa shape index (κ1) is 13.5. The van der Waals surface area contributed by atoms with Crippen LogP contribution in [0.4, 0.5) is 5.69 Å². The third-order valence-electron chi connectivity index (χ3n) is 2.45. The van der Waals surface area contributed by atoms with Gasteiger partial charge in [0.2, 0.25) is 5.91 Å². The molecule has 0 saturated carbocycles. The van der Waals surface area contributed by atoms with Crippen LogP contribution in [0.25, 0.3) is 6.08 Å². The first-order chi connectivity index (χ1) is 9.63. The molecule has 1 amide bonds. The summed E-state index contributed by atoms with van der Waals surface area (Å²) in [5.41, 5.74) is 1.93. The van der Waals surface area contributed by atoms with Crippen molar-refractivity contribution < 1.29 is 19.2 Å². The molecule has 2 rings (SSSR count). The van der Waals surface area contributed by atoms with Crippen LogP contribution in [0.5, 0.6) is 0 Å². The second-order valence-corrected chi connectivity index (χ2v) is 4.01. The molecule has 0 unspecified atom stereocenters. The summed E-state index contributed by atoms with van der Waals surface area (Å²) < 4.78 is 4.64. The summed E-state index contributed by atoms with van der Waals surface area (Å²) in [5, 5.41) is 14.9. The van der Waals surface area contributed by atoms with Gasteiger partial charge in [-0.3, -0.25) is 4.79 Å². The molecule has 2 aromatic rings. The molecule has 0 radical (unpaired) electrons. The Kier molecular flexibility index (Phi) is 4.28. The number of carbonyl (C=O) groups is 2. The van der Waals surface area contributed by atoms with Gasteiger partial charge in [0.25, 0.3) is 0 Å². The number of carboxylic acids is 1. The largest absolute Gasteiger partial charge is 0.478 e. The van der Waals surface area contributed by atoms with Crippen molar-refractivity contribution in [2.45, 2.75) is 6.42 Å². The number of anilines is 1. The number of carbonyl (C=O) groups excluding carboxylic acids is 1. The maximum absolute atomic E-state index is 11.7. The molecular weight excluding hydrogens is 260 g/mol. The fourth-order valence-corrected chi connectivity index (χ4v) is 1.54. The number of nitrogens with zero attached hydrogens (tertiary/aromatic N) is 1. The Labute approximate surface area is 114 Å². The molecule has 0 aliphatic rings. The van der Waals surface area contributed by atoms with E-state index >= 15 is 0 Å². The van der Waals surface area contributed by atoms with Gasteiger partial charge in [0, 0.05) is 17.8 Å². The Morgan fingerprint density at radius 1 is 1.25 bits per heavy atom. The van der Waals surface area contributed by atoms with E-state index < -0.39 is 5.97 Å². The van der Waals surface area contributed by atoms with E-state index in [-0.39, 0.29) is 12.3 Å². The highest BCUT2D eigenvalue weighted by molar-refractivity contribution is 5.92. The van der Waals surface area contributed by atoms with E-state index in [0.717, 1.165) is 11.6 Å².